The highest BCUT2D eigenvalue weighted by atomic mass is 16.4. The van der Waals surface area contributed by atoms with Gasteiger partial charge in [-0.05, 0) is 42.5 Å². The molecule has 3 nitrogen and oxygen atoms in total. The van der Waals surface area contributed by atoms with Crippen molar-refractivity contribution >= 4 is 16.7 Å². The third-order valence-corrected chi connectivity index (χ3v) is 3.86. The zero-order valence-electron chi connectivity index (χ0n) is 10.3. The summed E-state index contributed by atoms with van der Waals surface area (Å²) in [6.45, 7) is 0. The van der Waals surface area contributed by atoms with Gasteiger partial charge in [-0.25, -0.2) is 4.79 Å². The summed E-state index contributed by atoms with van der Waals surface area (Å²) >= 11 is 0. The molecule has 94 valence electrons. The first-order valence-corrected chi connectivity index (χ1v) is 6.57. The van der Waals surface area contributed by atoms with Crippen LogP contribution in [-0.4, -0.2) is 0 Å². The van der Waals surface area contributed by atoms with Gasteiger partial charge in [-0.3, -0.25) is 0 Å². The van der Waals surface area contributed by atoms with E-state index in [9.17, 15) is 4.79 Å². The predicted molar refractivity (Wildman–Crippen MR) is 72.7 cm³/mol. The summed E-state index contributed by atoms with van der Waals surface area (Å²) in [5.74, 6) is 0.649. The molecule has 0 radical (unpaired) electrons. The number of fused-ring (bicyclic) bond motifs is 1. The predicted octanol–water partition coefficient (Wildman–Crippen LogP) is 3.42. The first kappa shape index (κ1) is 11.3. The third-order valence-electron chi connectivity index (χ3n) is 3.86. The molecule has 3 heteroatoms. The van der Waals surface area contributed by atoms with E-state index in [-0.39, 0.29) is 5.69 Å². The van der Waals surface area contributed by atoms with E-state index < -0.39 is 5.63 Å². The minimum absolute atomic E-state index is 0.184. The molecule has 18 heavy (non-hydrogen) atoms. The Hall–Kier alpha value is -1.77. The van der Waals surface area contributed by atoms with Crippen molar-refractivity contribution in [1.29, 1.82) is 0 Å². The van der Waals surface area contributed by atoms with Crippen LogP contribution in [0.4, 0.5) is 5.69 Å². The molecule has 0 bridgehead atoms. The van der Waals surface area contributed by atoms with Gasteiger partial charge in [0.1, 0.15) is 11.3 Å². The largest absolute Gasteiger partial charge is 0.421 e. The van der Waals surface area contributed by atoms with Crippen molar-refractivity contribution in [2.24, 2.45) is 0 Å². The SMILES string of the molecule is Nc1cc2cc(C3CCCCC3)ccc2oc1=O. The molecule has 0 saturated heterocycles. The molecule has 1 aliphatic rings. The molecule has 0 aliphatic heterocycles. The molecule has 1 aliphatic carbocycles. The lowest BCUT2D eigenvalue weighted by Crippen LogP contribution is -2.07. The van der Waals surface area contributed by atoms with Gasteiger partial charge < -0.3 is 10.2 Å². The summed E-state index contributed by atoms with van der Waals surface area (Å²) in [6.07, 6.45) is 6.50. The first-order valence-electron chi connectivity index (χ1n) is 6.57. The molecule has 0 spiro atoms. The molecular weight excluding hydrogens is 226 g/mol. The fourth-order valence-corrected chi connectivity index (χ4v) is 2.85. The molecule has 0 amide bonds. The second kappa shape index (κ2) is 4.48. The number of anilines is 1. The van der Waals surface area contributed by atoms with Gasteiger partial charge >= 0.3 is 5.63 Å². The van der Waals surface area contributed by atoms with E-state index in [4.69, 9.17) is 10.2 Å². The van der Waals surface area contributed by atoms with Gasteiger partial charge in [0, 0.05) is 5.39 Å². The summed E-state index contributed by atoms with van der Waals surface area (Å²) in [7, 11) is 0. The van der Waals surface area contributed by atoms with Crippen molar-refractivity contribution in [1.82, 2.24) is 0 Å². The van der Waals surface area contributed by atoms with Gasteiger partial charge in [0.15, 0.2) is 0 Å². The Kier molecular flexibility index (Phi) is 2.82. The van der Waals surface area contributed by atoms with Crippen LogP contribution in [0, 0.1) is 0 Å². The Labute approximate surface area is 106 Å². The summed E-state index contributed by atoms with van der Waals surface area (Å²) in [4.78, 5) is 11.3. The molecule has 2 N–H and O–H groups in total. The minimum atomic E-state index is -0.451. The molecule has 2 aromatic rings. The maximum atomic E-state index is 11.3. The number of rotatable bonds is 1. The molecule has 1 aromatic heterocycles. The molecule has 0 unspecified atom stereocenters. The van der Waals surface area contributed by atoms with E-state index in [1.54, 1.807) is 6.07 Å². The van der Waals surface area contributed by atoms with Crippen LogP contribution in [0.1, 0.15) is 43.6 Å². The van der Waals surface area contributed by atoms with E-state index in [1.807, 2.05) is 6.07 Å². The molecule has 1 heterocycles. The van der Waals surface area contributed by atoms with Gasteiger partial charge in [-0.2, -0.15) is 0 Å². The van der Waals surface area contributed by atoms with Crippen molar-refractivity contribution in [3.05, 3.63) is 40.2 Å². The molecule has 1 aromatic carbocycles. The van der Waals surface area contributed by atoms with Crippen LogP contribution in [0.25, 0.3) is 11.0 Å². The fourth-order valence-electron chi connectivity index (χ4n) is 2.85. The van der Waals surface area contributed by atoms with E-state index >= 15 is 0 Å². The Balaban J connectivity index is 2.04. The van der Waals surface area contributed by atoms with Gasteiger partial charge in [-0.1, -0.05) is 25.3 Å². The third kappa shape index (κ3) is 2.01. The highest BCUT2D eigenvalue weighted by Gasteiger charge is 2.16. The number of benzene rings is 1. The fraction of sp³-hybridized carbons (Fsp3) is 0.400. The molecule has 1 saturated carbocycles. The Bertz CT molecular complexity index is 624. The van der Waals surface area contributed by atoms with Crippen LogP contribution < -0.4 is 11.4 Å². The normalized spacial score (nSPS) is 17.1. The molecule has 3 rings (SSSR count). The zero-order chi connectivity index (χ0) is 12.5. The topological polar surface area (TPSA) is 56.2 Å². The standard InChI is InChI=1S/C15H17NO2/c16-13-9-12-8-11(10-4-2-1-3-5-10)6-7-14(12)18-15(13)17/h6-10H,1-5,16H2. The van der Waals surface area contributed by atoms with Crippen molar-refractivity contribution in [3.8, 4) is 0 Å². The lowest BCUT2D eigenvalue weighted by molar-refractivity contribution is 0.443. The van der Waals surface area contributed by atoms with Crippen molar-refractivity contribution in [2.75, 3.05) is 5.73 Å². The average Bonchev–Trinajstić information content (AvgIpc) is 2.41. The second-order valence-electron chi connectivity index (χ2n) is 5.12. The molecular formula is C15H17NO2. The Morgan fingerprint density at radius 3 is 2.67 bits per heavy atom. The Morgan fingerprint density at radius 2 is 1.89 bits per heavy atom. The van der Waals surface area contributed by atoms with Gasteiger partial charge in [0.05, 0.1) is 0 Å². The van der Waals surface area contributed by atoms with Crippen LogP contribution >= 0.6 is 0 Å². The van der Waals surface area contributed by atoms with Crippen molar-refractivity contribution in [2.45, 2.75) is 38.0 Å². The zero-order valence-corrected chi connectivity index (χ0v) is 10.3. The highest BCUT2D eigenvalue weighted by molar-refractivity contribution is 5.80. The number of hydrogen-bond donors (Lipinski definition) is 1. The number of nitrogen functional groups attached to an aromatic ring is 1. The summed E-state index contributed by atoms with van der Waals surface area (Å²) in [5.41, 5.74) is 7.30. The average molecular weight is 243 g/mol. The number of nitrogens with two attached hydrogens (primary N) is 1. The minimum Gasteiger partial charge on any atom is -0.421 e. The monoisotopic (exact) mass is 243 g/mol. The van der Waals surface area contributed by atoms with E-state index in [1.165, 1.54) is 37.7 Å². The smallest absolute Gasteiger partial charge is 0.359 e. The van der Waals surface area contributed by atoms with Crippen LogP contribution in [0.5, 0.6) is 0 Å². The first-order chi connectivity index (χ1) is 8.74. The quantitative estimate of drug-likeness (QED) is 0.781. The Morgan fingerprint density at radius 1 is 1.11 bits per heavy atom. The van der Waals surface area contributed by atoms with Gasteiger partial charge in [0.2, 0.25) is 0 Å². The maximum Gasteiger partial charge on any atom is 0.359 e. The lowest BCUT2D eigenvalue weighted by atomic mass is 9.84. The summed E-state index contributed by atoms with van der Waals surface area (Å²) < 4.78 is 5.15. The lowest BCUT2D eigenvalue weighted by Gasteiger charge is -2.22. The second-order valence-corrected chi connectivity index (χ2v) is 5.12. The van der Waals surface area contributed by atoms with Crippen molar-refractivity contribution in [3.63, 3.8) is 0 Å². The van der Waals surface area contributed by atoms with E-state index in [2.05, 4.69) is 12.1 Å². The van der Waals surface area contributed by atoms with Crippen LogP contribution in [-0.2, 0) is 0 Å². The van der Waals surface area contributed by atoms with E-state index in [0.717, 1.165) is 5.39 Å². The van der Waals surface area contributed by atoms with Crippen LogP contribution in [0.15, 0.2) is 33.5 Å². The van der Waals surface area contributed by atoms with Crippen LogP contribution in [0.2, 0.25) is 0 Å². The van der Waals surface area contributed by atoms with E-state index in [0.29, 0.717) is 11.5 Å². The highest BCUT2D eigenvalue weighted by Crippen LogP contribution is 2.33. The summed E-state index contributed by atoms with van der Waals surface area (Å²) in [5, 5.41) is 0.926. The summed E-state index contributed by atoms with van der Waals surface area (Å²) in [6, 6.07) is 7.80. The van der Waals surface area contributed by atoms with Crippen molar-refractivity contribution < 1.29 is 4.42 Å². The van der Waals surface area contributed by atoms with Gasteiger partial charge in [0.25, 0.3) is 0 Å². The maximum absolute atomic E-state index is 11.3. The molecule has 1 fully saturated rings. The number of hydrogen-bond acceptors (Lipinski definition) is 3. The molecule has 0 atom stereocenters. The van der Waals surface area contributed by atoms with Gasteiger partial charge in [-0.15, -0.1) is 0 Å². The van der Waals surface area contributed by atoms with Crippen LogP contribution in [0.3, 0.4) is 0 Å².